The molecule has 14 heavy (non-hydrogen) atoms. The summed E-state index contributed by atoms with van der Waals surface area (Å²) in [5.41, 5.74) is 5.53. The van der Waals surface area contributed by atoms with Crippen LogP contribution in [0.15, 0.2) is 0 Å². The highest BCUT2D eigenvalue weighted by molar-refractivity contribution is 6.31. The Morgan fingerprint density at radius 1 is 1.50 bits per heavy atom. The molecule has 0 unspecified atom stereocenters. The van der Waals surface area contributed by atoms with E-state index < -0.39 is 4.92 Å². The fourth-order valence-electron chi connectivity index (χ4n) is 1.27. The Morgan fingerprint density at radius 2 is 2.14 bits per heavy atom. The van der Waals surface area contributed by atoms with Crippen molar-refractivity contribution in [1.29, 1.82) is 0 Å². The molecule has 1 saturated carbocycles. The molecule has 0 atom stereocenters. The molecule has 1 aromatic heterocycles. The van der Waals surface area contributed by atoms with Gasteiger partial charge in [-0.25, -0.2) is 4.98 Å². The molecule has 2 N–H and O–H groups in total. The van der Waals surface area contributed by atoms with Crippen LogP contribution in [0.1, 0.15) is 24.5 Å². The molecule has 0 spiro atoms. The van der Waals surface area contributed by atoms with Gasteiger partial charge in [0.05, 0.1) is 4.92 Å². The molecular formula is C7H7ClN4O2. The minimum absolute atomic E-state index is 0.0116. The van der Waals surface area contributed by atoms with Crippen molar-refractivity contribution in [3.8, 4) is 0 Å². The predicted molar refractivity (Wildman–Crippen MR) is 50.1 cm³/mol. The number of rotatable bonds is 2. The lowest BCUT2D eigenvalue weighted by Gasteiger charge is -2.01. The molecule has 1 aliphatic carbocycles. The summed E-state index contributed by atoms with van der Waals surface area (Å²) >= 11 is 5.63. The maximum atomic E-state index is 10.7. The lowest BCUT2D eigenvalue weighted by atomic mass is 10.2. The zero-order valence-corrected chi connectivity index (χ0v) is 7.86. The third-order valence-electron chi connectivity index (χ3n) is 2.03. The summed E-state index contributed by atoms with van der Waals surface area (Å²) in [5.74, 6) is 0.112. The van der Waals surface area contributed by atoms with Crippen LogP contribution in [0.5, 0.6) is 0 Å². The Balaban J connectivity index is 2.58. The summed E-state index contributed by atoms with van der Waals surface area (Å²) in [5, 5.41) is 10.5. The molecule has 2 rings (SSSR count). The van der Waals surface area contributed by atoms with E-state index >= 15 is 0 Å². The Labute approximate surface area is 84.3 Å². The molecule has 0 amide bonds. The zero-order chi connectivity index (χ0) is 10.3. The zero-order valence-electron chi connectivity index (χ0n) is 7.11. The van der Waals surface area contributed by atoms with Crippen LogP contribution in [-0.2, 0) is 0 Å². The Kier molecular flexibility index (Phi) is 1.99. The molecule has 74 valence electrons. The summed E-state index contributed by atoms with van der Waals surface area (Å²) in [6, 6.07) is 0. The third kappa shape index (κ3) is 1.48. The molecule has 0 aromatic carbocycles. The van der Waals surface area contributed by atoms with E-state index in [4.69, 9.17) is 17.3 Å². The van der Waals surface area contributed by atoms with Crippen LogP contribution in [0, 0.1) is 10.1 Å². The maximum Gasteiger partial charge on any atom is 0.328 e. The van der Waals surface area contributed by atoms with Gasteiger partial charge in [-0.3, -0.25) is 10.1 Å². The van der Waals surface area contributed by atoms with E-state index in [-0.39, 0.29) is 22.7 Å². The Morgan fingerprint density at radius 3 is 2.64 bits per heavy atom. The van der Waals surface area contributed by atoms with Gasteiger partial charge in [0.25, 0.3) is 0 Å². The predicted octanol–water partition coefficient (Wildman–Crippen LogP) is 1.50. The van der Waals surface area contributed by atoms with E-state index in [0.29, 0.717) is 5.69 Å². The average molecular weight is 215 g/mol. The molecule has 0 radical (unpaired) electrons. The van der Waals surface area contributed by atoms with Gasteiger partial charge in [-0.1, -0.05) is 11.6 Å². The average Bonchev–Trinajstić information content (AvgIpc) is 2.82. The van der Waals surface area contributed by atoms with E-state index in [9.17, 15) is 10.1 Å². The fraction of sp³-hybridized carbons (Fsp3) is 0.429. The largest absolute Gasteiger partial charge is 0.368 e. The standard InChI is InChI=1S/C7H7ClN4O2/c8-6-5(12(13)14)4(3-1-2-3)10-7(9)11-6/h3H,1-2H2,(H2,9,10,11). The van der Waals surface area contributed by atoms with Gasteiger partial charge in [0.2, 0.25) is 11.1 Å². The fourth-order valence-corrected chi connectivity index (χ4v) is 1.52. The second-order valence-electron chi connectivity index (χ2n) is 3.14. The van der Waals surface area contributed by atoms with E-state index in [2.05, 4.69) is 9.97 Å². The highest BCUT2D eigenvalue weighted by atomic mass is 35.5. The minimum Gasteiger partial charge on any atom is -0.368 e. The van der Waals surface area contributed by atoms with E-state index in [1.54, 1.807) is 0 Å². The Bertz CT molecular complexity index is 405. The third-order valence-corrected chi connectivity index (χ3v) is 2.30. The first-order valence-electron chi connectivity index (χ1n) is 4.07. The molecule has 0 saturated heterocycles. The highest BCUT2D eigenvalue weighted by Gasteiger charge is 2.35. The van der Waals surface area contributed by atoms with Crippen molar-refractivity contribution in [2.24, 2.45) is 0 Å². The molecule has 1 heterocycles. The number of aromatic nitrogens is 2. The summed E-state index contributed by atoms with van der Waals surface area (Å²) in [6.45, 7) is 0. The summed E-state index contributed by atoms with van der Waals surface area (Å²) in [6.07, 6.45) is 1.79. The molecule has 7 heteroatoms. The van der Waals surface area contributed by atoms with Gasteiger partial charge in [-0.05, 0) is 12.8 Å². The number of halogens is 1. The van der Waals surface area contributed by atoms with Gasteiger partial charge >= 0.3 is 5.69 Å². The molecular weight excluding hydrogens is 208 g/mol. The van der Waals surface area contributed by atoms with E-state index in [1.807, 2.05) is 0 Å². The van der Waals surface area contributed by atoms with Crippen molar-refractivity contribution in [2.75, 3.05) is 5.73 Å². The molecule has 1 aromatic rings. The van der Waals surface area contributed by atoms with Crippen LogP contribution in [0.2, 0.25) is 5.15 Å². The second-order valence-corrected chi connectivity index (χ2v) is 3.50. The van der Waals surface area contributed by atoms with Crippen molar-refractivity contribution < 1.29 is 4.92 Å². The SMILES string of the molecule is Nc1nc(Cl)c([N+](=O)[O-])c(C2CC2)n1. The topological polar surface area (TPSA) is 94.9 Å². The molecule has 6 nitrogen and oxygen atoms in total. The van der Waals surface area contributed by atoms with Gasteiger partial charge in [0, 0.05) is 5.92 Å². The molecule has 1 aliphatic rings. The molecule has 1 fully saturated rings. The Hall–Kier alpha value is -1.43. The smallest absolute Gasteiger partial charge is 0.328 e. The van der Waals surface area contributed by atoms with Crippen LogP contribution in [0.4, 0.5) is 11.6 Å². The maximum absolute atomic E-state index is 10.7. The highest BCUT2D eigenvalue weighted by Crippen LogP contribution is 2.44. The molecule has 0 bridgehead atoms. The first-order valence-corrected chi connectivity index (χ1v) is 4.44. The summed E-state index contributed by atoms with van der Waals surface area (Å²) in [4.78, 5) is 17.5. The quantitative estimate of drug-likeness (QED) is 0.457. The number of hydrogen-bond donors (Lipinski definition) is 1. The number of hydrogen-bond acceptors (Lipinski definition) is 5. The first kappa shape index (κ1) is 9.14. The monoisotopic (exact) mass is 214 g/mol. The molecule has 0 aliphatic heterocycles. The van der Waals surface area contributed by atoms with Crippen LogP contribution in [-0.4, -0.2) is 14.9 Å². The number of anilines is 1. The minimum atomic E-state index is -0.560. The van der Waals surface area contributed by atoms with E-state index in [1.165, 1.54) is 0 Å². The van der Waals surface area contributed by atoms with Crippen LogP contribution >= 0.6 is 11.6 Å². The van der Waals surface area contributed by atoms with Crippen LogP contribution < -0.4 is 5.73 Å². The normalized spacial score (nSPS) is 15.5. The number of nitrogens with two attached hydrogens (primary N) is 1. The number of nitrogen functional groups attached to an aromatic ring is 1. The van der Waals surface area contributed by atoms with Gasteiger partial charge in [0.15, 0.2) is 0 Å². The van der Waals surface area contributed by atoms with Gasteiger partial charge in [-0.2, -0.15) is 4.98 Å². The number of nitrogens with zero attached hydrogens (tertiary/aromatic N) is 3. The summed E-state index contributed by atoms with van der Waals surface area (Å²) < 4.78 is 0. The van der Waals surface area contributed by atoms with Crippen LogP contribution in [0.3, 0.4) is 0 Å². The first-order chi connectivity index (χ1) is 6.59. The van der Waals surface area contributed by atoms with Crippen LogP contribution in [0.25, 0.3) is 0 Å². The summed E-state index contributed by atoms with van der Waals surface area (Å²) in [7, 11) is 0. The van der Waals surface area contributed by atoms with Crippen molar-refractivity contribution in [3.63, 3.8) is 0 Å². The second kappa shape index (κ2) is 3.06. The van der Waals surface area contributed by atoms with Gasteiger partial charge in [0.1, 0.15) is 5.69 Å². The van der Waals surface area contributed by atoms with Crippen molar-refractivity contribution >= 4 is 23.2 Å². The lowest BCUT2D eigenvalue weighted by Crippen LogP contribution is -2.04. The van der Waals surface area contributed by atoms with Gasteiger partial charge < -0.3 is 5.73 Å². The van der Waals surface area contributed by atoms with E-state index in [0.717, 1.165) is 12.8 Å². The van der Waals surface area contributed by atoms with Crippen molar-refractivity contribution in [3.05, 3.63) is 21.0 Å². The van der Waals surface area contributed by atoms with Crippen molar-refractivity contribution in [1.82, 2.24) is 9.97 Å². The number of nitro groups is 1. The van der Waals surface area contributed by atoms with Gasteiger partial charge in [-0.15, -0.1) is 0 Å². The lowest BCUT2D eigenvalue weighted by molar-refractivity contribution is -0.386. The van der Waals surface area contributed by atoms with Crippen molar-refractivity contribution in [2.45, 2.75) is 18.8 Å².